The van der Waals surface area contributed by atoms with Crippen molar-refractivity contribution < 1.29 is 4.39 Å². The number of nitrogens with one attached hydrogen (secondary N) is 1. The molecular weight excluding hydrogens is 237 g/mol. The monoisotopic (exact) mass is 257 g/mol. The fourth-order valence-corrected chi connectivity index (χ4v) is 2.17. The molecule has 19 heavy (non-hydrogen) atoms. The van der Waals surface area contributed by atoms with Gasteiger partial charge in [-0.2, -0.15) is 0 Å². The molecule has 0 fully saturated rings. The van der Waals surface area contributed by atoms with Gasteiger partial charge in [0.1, 0.15) is 5.82 Å². The summed E-state index contributed by atoms with van der Waals surface area (Å²) in [4.78, 5) is 0. The van der Waals surface area contributed by atoms with Crippen molar-refractivity contribution in [1.29, 1.82) is 0 Å². The Morgan fingerprint density at radius 3 is 2.26 bits per heavy atom. The minimum atomic E-state index is -0.203. The number of hydrogen-bond donors (Lipinski definition) is 1. The summed E-state index contributed by atoms with van der Waals surface area (Å²) < 4.78 is 13.7. The molecule has 0 saturated heterocycles. The molecule has 0 radical (unpaired) electrons. The number of anilines is 1. The highest BCUT2D eigenvalue weighted by molar-refractivity contribution is 5.46. The van der Waals surface area contributed by atoms with Gasteiger partial charge in [0.2, 0.25) is 0 Å². The molecule has 1 nitrogen and oxygen atoms in total. The zero-order chi connectivity index (χ0) is 13.7. The van der Waals surface area contributed by atoms with Crippen molar-refractivity contribution in [3.63, 3.8) is 0 Å². The third kappa shape index (κ3) is 3.34. The van der Waals surface area contributed by atoms with Gasteiger partial charge in [0.05, 0.1) is 11.7 Å². The Bertz CT molecular complexity index is 519. The first kappa shape index (κ1) is 13.6. The maximum atomic E-state index is 13.7. The van der Waals surface area contributed by atoms with Crippen LogP contribution in [0.5, 0.6) is 0 Å². The summed E-state index contributed by atoms with van der Waals surface area (Å²) in [6, 6.07) is 15.5. The molecule has 0 aromatic heterocycles. The molecular formula is C17H20FN. The quantitative estimate of drug-likeness (QED) is 0.799. The molecule has 1 unspecified atom stereocenters. The Morgan fingerprint density at radius 2 is 1.68 bits per heavy atom. The molecule has 0 aliphatic heterocycles. The molecule has 0 bridgehead atoms. The lowest BCUT2D eigenvalue weighted by Gasteiger charge is -2.19. The van der Waals surface area contributed by atoms with E-state index in [0.29, 0.717) is 5.69 Å². The summed E-state index contributed by atoms with van der Waals surface area (Å²) in [6.07, 6.45) is 1.96. The van der Waals surface area contributed by atoms with Crippen LogP contribution in [0.2, 0.25) is 0 Å². The van der Waals surface area contributed by atoms with E-state index >= 15 is 0 Å². The average molecular weight is 257 g/mol. The van der Waals surface area contributed by atoms with Crippen molar-refractivity contribution in [2.45, 2.75) is 32.7 Å². The van der Waals surface area contributed by atoms with Gasteiger partial charge >= 0.3 is 0 Å². The number of benzene rings is 2. The van der Waals surface area contributed by atoms with Crippen molar-refractivity contribution in [2.24, 2.45) is 0 Å². The van der Waals surface area contributed by atoms with E-state index in [2.05, 4.69) is 43.4 Å². The lowest BCUT2D eigenvalue weighted by atomic mass is 10.0. The van der Waals surface area contributed by atoms with E-state index in [4.69, 9.17) is 0 Å². The molecule has 100 valence electrons. The van der Waals surface area contributed by atoms with Crippen LogP contribution in [0, 0.1) is 5.82 Å². The molecule has 1 N–H and O–H groups in total. The topological polar surface area (TPSA) is 12.0 Å². The summed E-state index contributed by atoms with van der Waals surface area (Å²) in [6.45, 7) is 4.25. The molecule has 0 saturated carbocycles. The molecule has 0 aliphatic carbocycles. The van der Waals surface area contributed by atoms with Gasteiger partial charge in [0.15, 0.2) is 0 Å². The van der Waals surface area contributed by atoms with E-state index in [1.54, 1.807) is 12.1 Å². The molecule has 2 heteroatoms. The van der Waals surface area contributed by atoms with Crippen LogP contribution in [0.4, 0.5) is 10.1 Å². The van der Waals surface area contributed by atoms with E-state index in [-0.39, 0.29) is 11.9 Å². The second-order valence-electron chi connectivity index (χ2n) is 4.68. The Hall–Kier alpha value is -1.83. The SMILES string of the molecule is CCc1ccc(C(CC)Nc2ccccc2F)cc1. The van der Waals surface area contributed by atoms with Gasteiger partial charge < -0.3 is 5.32 Å². The summed E-state index contributed by atoms with van der Waals surface area (Å²) in [5.74, 6) is -0.203. The van der Waals surface area contributed by atoms with Crippen LogP contribution in [0.15, 0.2) is 48.5 Å². The van der Waals surface area contributed by atoms with E-state index in [1.807, 2.05) is 6.07 Å². The van der Waals surface area contributed by atoms with E-state index < -0.39 is 0 Å². The molecule has 1 atom stereocenters. The summed E-state index contributed by atoms with van der Waals surface area (Å²) in [5.41, 5.74) is 3.08. The Labute approximate surface area is 114 Å². The van der Waals surface area contributed by atoms with Gasteiger partial charge in [-0.15, -0.1) is 0 Å². The predicted octanol–water partition coefficient (Wildman–Crippen LogP) is 4.95. The minimum absolute atomic E-state index is 0.141. The van der Waals surface area contributed by atoms with Gasteiger partial charge in [-0.1, -0.05) is 50.2 Å². The van der Waals surface area contributed by atoms with Gasteiger partial charge in [-0.05, 0) is 36.1 Å². The molecule has 2 rings (SSSR count). The second kappa shape index (κ2) is 6.37. The van der Waals surface area contributed by atoms with Crippen LogP contribution in [0.3, 0.4) is 0 Å². The molecule has 2 aromatic rings. The van der Waals surface area contributed by atoms with Crippen molar-refractivity contribution in [2.75, 3.05) is 5.32 Å². The molecule has 0 aliphatic rings. The maximum absolute atomic E-state index is 13.7. The highest BCUT2D eigenvalue weighted by Gasteiger charge is 2.10. The van der Waals surface area contributed by atoms with Crippen LogP contribution >= 0.6 is 0 Å². The largest absolute Gasteiger partial charge is 0.376 e. The van der Waals surface area contributed by atoms with Crippen molar-refractivity contribution in [1.82, 2.24) is 0 Å². The summed E-state index contributed by atoms with van der Waals surface area (Å²) >= 11 is 0. The van der Waals surface area contributed by atoms with Crippen LogP contribution in [0.1, 0.15) is 37.4 Å². The first-order valence-electron chi connectivity index (χ1n) is 6.84. The first-order valence-corrected chi connectivity index (χ1v) is 6.84. The van der Waals surface area contributed by atoms with Gasteiger partial charge in [-0.3, -0.25) is 0 Å². The zero-order valence-corrected chi connectivity index (χ0v) is 11.5. The number of rotatable bonds is 5. The fourth-order valence-electron chi connectivity index (χ4n) is 2.17. The lowest BCUT2D eigenvalue weighted by Crippen LogP contribution is -2.10. The third-order valence-corrected chi connectivity index (χ3v) is 3.40. The smallest absolute Gasteiger partial charge is 0.146 e. The van der Waals surface area contributed by atoms with Gasteiger partial charge in [0.25, 0.3) is 0 Å². The van der Waals surface area contributed by atoms with Crippen molar-refractivity contribution in [3.8, 4) is 0 Å². The highest BCUT2D eigenvalue weighted by atomic mass is 19.1. The van der Waals surface area contributed by atoms with Crippen LogP contribution in [0.25, 0.3) is 0 Å². The molecule has 0 spiro atoms. The van der Waals surface area contributed by atoms with Gasteiger partial charge in [-0.25, -0.2) is 4.39 Å². The minimum Gasteiger partial charge on any atom is -0.376 e. The average Bonchev–Trinajstić information content (AvgIpc) is 2.47. The Kier molecular flexibility index (Phi) is 4.56. The Morgan fingerprint density at radius 1 is 1.00 bits per heavy atom. The predicted molar refractivity (Wildman–Crippen MR) is 78.9 cm³/mol. The van der Waals surface area contributed by atoms with E-state index in [9.17, 15) is 4.39 Å². The van der Waals surface area contributed by atoms with Crippen LogP contribution < -0.4 is 5.32 Å². The molecule has 0 heterocycles. The standard InChI is InChI=1S/C17H20FN/c1-3-13-9-11-14(12-10-13)16(4-2)19-17-8-6-5-7-15(17)18/h5-12,16,19H,3-4H2,1-2H3. The maximum Gasteiger partial charge on any atom is 0.146 e. The molecule has 0 amide bonds. The van der Waals surface area contributed by atoms with Gasteiger partial charge in [0, 0.05) is 0 Å². The summed E-state index contributed by atoms with van der Waals surface area (Å²) in [7, 11) is 0. The number of hydrogen-bond acceptors (Lipinski definition) is 1. The third-order valence-electron chi connectivity index (χ3n) is 3.40. The van der Waals surface area contributed by atoms with Crippen molar-refractivity contribution in [3.05, 3.63) is 65.5 Å². The van der Waals surface area contributed by atoms with E-state index in [0.717, 1.165) is 12.8 Å². The number of para-hydroxylation sites is 1. The van der Waals surface area contributed by atoms with Crippen LogP contribution in [-0.4, -0.2) is 0 Å². The Balaban J connectivity index is 2.17. The highest BCUT2D eigenvalue weighted by Crippen LogP contribution is 2.24. The van der Waals surface area contributed by atoms with Crippen LogP contribution in [-0.2, 0) is 6.42 Å². The number of halogens is 1. The first-order chi connectivity index (χ1) is 9.24. The summed E-state index contributed by atoms with van der Waals surface area (Å²) in [5, 5.41) is 3.28. The zero-order valence-electron chi connectivity index (χ0n) is 11.5. The second-order valence-corrected chi connectivity index (χ2v) is 4.68. The number of aryl methyl sites for hydroxylation is 1. The van der Waals surface area contributed by atoms with E-state index in [1.165, 1.54) is 17.2 Å². The molecule has 2 aromatic carbocycles. The normalized spacial score (nSPS) is 12.2. The van der Waals surface area contributed by atoms with Crippen molar-refractivity contribution >= 4 is 5.69 Å². The fraction of sp³-hybridized carbons (Fsp3) is 0.294. The lowest BCUT2D eigenvalue weighted by molar-refractivity contribution is 0.624.